The van der Waals surface area contributed by atoms with Crippen LogP contribution in [0, 0.1) is 19.7 Å². The van der Waals surface area contributed by atoms with Crippen LogP contribution in [0.15, 0.2) is 47.6 Å². The van der Waals surface area contributed by atoms with Gasteiger partial charge in [0.15, 0.2) is 0 Å². The van der Waals surface area contributed by atoms with Gasteiger partial charge in [0, 0.05) is 33.5 Å². The van der Waals surface area contributed by atoms with Crippen molar-refractivity contribution >= 4 is 17.3 Å². The van der Waals surface area contributed by atoms with Gasteiger partial charge in [0.25, 0.3) is 0 Å². The van der Waals surface area contributed by atoms with Crippen molar-refractivity contribution in [3.8, 4) is 11.3 Å². The van der Waals surface area contributed by atoms with E-state index in [9.17, 15) is 4.39 Å². The lowest BCUT2D eigenvalue weighted by atomic mass is 9.93. The minimum absolute atomic E-state index is 0.294. The summed E-state index contributed by atoms with van der Waals surface area (Å²) in [7, 11) is 0. The third-order valence-corrected chi connectivity index (χ3v) is 4.58. The highest BCUT2D eigenvalue weighted by atomic mass is 35.5. The maximum Gasteiger partial charge on any atom is 0.132 e. The molecule has 1 aromatic heterocycles. The molecule has 0 unspecified atom stereocenters. The number of aliphatic imine (C=N–C) groups is 1. The molecule has 2 heterocycles. The zero-order valence-electron chi connectivity index (χ0n) is 13.8. The van der Waals surface area contributed by atoms with Crippen LogP contribution in [-0.4, -0.2) is 15.7 Å². The number of hydrogen-bond acceptors (Lipinski definition) is 3. The second-order valence-electron chi connectivity index (χ2n) is 6.08. The molecule has 2 aromatic carbocycles. The third kappa shape index (κ3) is 2.72. The molecule has 0 aliphatic carbocycles. The Morgan fingerprint density at radius 3 is 2.72 bits per heavy atom. The Morgan fingerprint density at radius 1 is 1.08 bits per heavy atom. The van der Waals surface area contributed by atoms with Crippen LogP contribution in [0.3, 0.4) is 0 Å². The molecule has 1 aliphatic rings. The van der Waals surface area contributed by atoms with E-state index in [0.717, 1.165) is 27.9 Å². The Labute approximate surface area is 150 Å². The molecule has 4 rings (SSSR count). The van der Waals surface area contributed by atoms with Gasteiger partial charge in [0.05, 0.1) is 18.0 Å². The fourth-order valence-corrected chi connectivity index (χ4v) is 3.33. The average Bonchev–Trinajstić information content (AvgIpc) is 2.72. The van der Waals surface area contributed by atoms with Crippen molar-refractivity contribution in [3.63, 3.8) is 0 Å². The maximum atomic E-state index is 14.6. The highest BCUT2D eigenvalue weighted by Crippen LogP contribution is 2.34. The van der Waals surface area contributed by atoms with Crippen LogP contribution >= 0.6 is 11.6 Å². The van der Waals surface area contributed by atoms with Gasteiger partial charge in [-0.15, -0.1) is 0 Å². The summed E-state index contributed by atoms with van der Waals surface area (Å²) in [5.74, 6) is 0.392. The van der Waals surface area contributed by atoms with Gasteiger partial charge in [0.1, 0.15) is 11.6 Å². The maximum absolute atomic E-state index is 14.6. The molecule has 0 spiro atoms. The van der Waals surface area contributed by atoms with Gasteiger partial charge in [-0.2, -0.15) is 0 Å². The van der Waals surface area contributed by atoms with Crippen LogP contribution in [-0.2, 0) is 6.54 Å². The molecule has 0 amide bonds. The van der Waals surface area contributed by atoms with E-state index >= 15 is 0 Å². The van der Waals surface area contributed by atoms with Crippen molar-refractivity contribution in [2.45, 2.75) is 20.4 Å². The van der Waals surface area contributed by atoms with E-state index in [1.54, 1.807) is 12.3 Å². The smallest absolute Gasteiger partial charge is 0.132 e. The lowest BCUT2D eigenvalue weighted by Gasteiger charge is -2.14. The first kappa shape index (κ1) is 15.9. The fourth-order valence-electron chi connectivity index (χ4n) is 3.16. The standard InChI is InChI=1S/C20H15ClFN3/c1-11-4-3-5-17(22)18(11)20-16-8-14(21)6-7-15(16)19-13(10-24-20)9-23-12(2)25-19/h3-9H,10H2,1-2H3. The molecule has 25 heavy (non-hydrogen) atoms. The molecule has 0 bridgehead atoms. The summed E-state index contributed by atoms with van der Waals surface area (Å²) >= 11 is 6.24. The quantitative estimate of drug-likeness (QED) is 0.625. The highest BCUT2D eigenvalue weighted by Gasteiger charge is 2.23. The molecule has 0 saturated heterocycles. The minimum Gasteiger partial charge on any atom is -0.279 e. The van der Waals surface area contributed by atoms with Crippen molar-refractivity contribution < 1.29 is 4.39 Å². The summed E-state index contributed by atoms with van der Waals surface area (Å²) in [4.78, 5) is 13.6. The van der Waals surface area contributed by atoms with E-state index < -0.39 is 0 Å². The van der Waals surface area contributed by atoms with Gasteiger partial charge in [-0.25, -0.2) is 14.4 Å². The Kier molecular flexibility index (Phi) is 3.85. The molecule has 0 atom stereocenters. The number of benzene rings is 2. The number of nitrogens with zero attached hydrogens (tertiary/aromatic N) is 3. The summed E-state index contributed by atoms with van der Waals surface area (Å²) in [5.41, 5.74) is 5.36. The molecule has 0 radical (unpaired) electrons. The molecule has 124 valence electrons. The number of fused-ring (bicyclic) bond motifs is 3. The molecule has 3 aromatic rings. The van der Waals surface area contributed by atoms with Gasteiger partial charge < -0.3 is 0 Å². The van der Waals surface area contributed by atoms with Crippen molar-refractivity contribution in [1.29, 1.82) is 0 Å². The van der Waals surface area contributed by atoms with E-state index in [-0.39, 0.29) is 5.82 Å². The van der Waals surface area contributed by atoms with E-state index in [1.165, 1.54) is 6.07 Å². The summed E-state index contributed by atoms with van der Waals surface area (Å²) < 4.78 is 14.6. The number of aromatic nitrogens is 2. The molecule has 0 N–H and O–H groups in total. The number of rotatable bonds is 1. The van der Waals surface area contributed by atoms with Crippen molar-refractivity contribution in [1.82, 2.24) is 9.97 Å². The van der Waals surface area contributed by atoms with E-state index in [0.29, 0.717) is 28.7 Å². The van der Waals surface area contributed by atoms with Gasteiger partial charge in [-0.3, -0.25) is 4.99 Å². The van der Waals surface area contributed by atoms with Crippen molar-refractivity contribution in [3.05, 3.63) is 81.5 Å². The number of hydrogen-bond donors (Lipinski definition) is 0. The van der Waals surface area contributed by atoms with Crippen LogP contribution in [0.4, 0.5) is 4.39 Å². The average molecular weight is 352 g/mol. The first-order valence-electron chi connectivity index (χ1n) is 7.97. The van der Waals surface area contributed by atoms with Crippen molar-refractivity contribution in [2.75, 3.05) is 0 Å². The lowest BCUT2D eigenvalue weighted by Crippen LogP contribution is -2.09. The summed E-state index contributed by atoms with van der Waals surface area (Å²) in [5, 5.41) is 0.578. The van der Waals surface area contributed by atoms with Gasteiger partial charge >= 0.3 is 0 Å². The topological polar surface area (TPSA) is 38.1 Å². The molecule has 0 fully saturated rings. The summed E-state index contributed by atoms with van der Waals surface area (Å²) in [6.07, 6.45) is 1.79. The Balaban J connectivity index is 2.04. The summed E-state index contributed by atoms with van der Waals surface area (Å²) in [6, 6.07) is 10.6. The lowest BCUT2D eigenvalue weighted by molar-refractivity contribution is 0.624. The SMILES string of the molecule is Cc1ncc2c(n1)-c1ccc(Cl)cc1C(c1c(C)cccc1F)=NC2. The van der Waals surface area contributed by atoms with Crippen molar-refractivity contribution in [2.24, 2.45) is 4.99 Å². The van der Waals surface area contributed by atoms with Gasteiger partial charge in [0.2, 0.25) is 0 Å². The van der Waals surface area contributed by atoms with Crippen LogP contribution in [0.5, 0.6) is 0 Å². The van der Waals surface area contributed by atoms with Crippen LogP contribution in [0.2, 0.25) is 5.02 Å². The molecular formula is C20H15ClFN3. The zero-order chi connectivity index (χ0) is 17.6. The molecule has 0 saturated carbocycles. The predicted octanol–water partition coefficient (Wildman–Crippen LogP) is 4.90. The number of aryl methyl sites for hydroxylation is 2. The normalized spacial score (nSPS) is 12.9. The zero-order valence-corrected chi connectivity index (χ0v) is 14.6. The minimum atomic E-state index is -0.294. The second kappa shape index (κ2) is 6.05. The molecule has 3 nitrogen and oxygen atoms in total. The van der Waals surface area contributed by atoms with E-state index in [1.807, 2.05) is 38.1 Å². The Morgan fingerprint density at radius 2 is 1.92 bits per heavy atom. The van der Waals surface area contributed by atoms with Gasteiger partial charge in [-0.1, -0.05) is 29.8 Å². The Hall–Kier alpha value is -2.59. The van der Waals surface area contributed by atoms with E-state index in [4.69, 9.17) is 16.6 Å². The van der Waals surface area contributed by atoms with Crippen LogP contribution < -0.4 is 0 Å². The van der Waals surface area contributed by atoms with E-state index in [2.05, 4.69) is 9.97 Å². The van der Waals surface area contributed by atoms with Gasteiger partial charge in [-0.05, 0) is 37.6 Å². The van der Waals surface area contributed by atoms with Crippen LogP contribution in [0.25, 0.3) is 11.3 Å². The Bertz CT molecular complexity index is 1010. The molecule has 1 aliphatic heterocycles. The molecular weight excluding hydrogens is 337 g/mol. The summed E-state index contributed by atoms with van der Waals surface area (Å²) in [6.45, 7) is 4.13. The molecule has 5 heteroatoms. The first-order valence-corrected chi connectivity index (χ1v) is 8.35. The fraction of sp³-hybridized carbons (Fsp3) is 0.150. The van der Waals surface area contributed by atoms with Crippen LogP contribution in [0.1, 0.15) is 28.1 Å². The third-order valence-electron chi connectivity index (χ3n) is 4.34. The largest absolute Gasteiger partial charge is 0.279 e. The predicted molar refractivity (Wildman–Crippen MR) is 97.7 cm³/mol. The first-order chi connectivity index (χ1) is 12.0. The monoisotopic (exact) mass is 351 g/mol. The number of halogens is 2. The highest BCUT2D eigenvalue weighted by molar-refractivity contribution is 6.31. The second-order valence-corrected chi connectivity index (χ2v) is 6.51.